The van der Waals surface area contributed by atoms with Crippen molar-refractivity contribution >= 4 is 11.7 Å². The fraction of sp³-hybridized carbons (Fsp3) is 0.429. The standard InChI is InChI=1S/C14H15F2NO2/c1-14(2)5-6-17(8-12(14)18)13(19)10-4-3-9(15)7-11(10)16/h3-4,7H,5-6,8H2,1-2H3. The summed E-state index contributed by atoms with van der Waals surface area (Å²) in [4.78, 5) is 25.3. The number of carbonyl (C=O) groups is 2. The van der Waals surface area contributed by atoms with Crippen LogP contribution in [0.1, 0.15) is 30.6 Å². The van der Waals surface area contributed by atoms with Gasteiger partial charge < -0.3 is 4.90 Å². The highest BCUT2D eigenvalue weighted by Gasteiger charge is 2.36. The Kier molecular flexibility index (Phi) is 3.39. The molecule has 0 unspecified atom stereocenters. The second-order valence-electron chi connectivity index (χ2n) is 5.41. The third-order valence-electron chi connectivity index (χ3n) is 3.54. The van der Waals surface area contributed by atoms with Crippen LogP contribution in [0.2, 0.25) is 0 Å². The Morgan fingerprint density at radius 1 is 1.32 bits per heavy atom. The molecular weight excluding hydrogens is 252 g/mol. The van der Waals surface area contributed by atoms with E-state index >= 15 is 0 Å². The summed E-state index contributed by atoms with van der Waals surface area (Å²) in [7, 11) is 0. The second-order valence-corrected chi connectivity index (χ2v) is 5.41. The molecule has 1 amide bonds. The molecule has 1 aliphatic heterocycles. The number of rotatable bonds is 1. The van der Waals surface area contributed by atoms with E-state index in [0.717, 1.165) is 12.1 Å². The molecule has 1 aromatic carbocycles. The van der Waals surface area contributed by atoms with Crippen molar-refractivity contribution in [1.82, 2.24) is 4.90 Å². The Balaban J connectivity index is 2.19. The lowest BCUT2D eigenvalue weighted by Crippen LogP contribution is -2.47. The van der Waals surface area contributed by atoms with E-state index in [-0.39, 0.29) is 17.9 Å². The molecule has 0 spiro atoms. The Morgan fingerprint density at radius 3 is 2.58 bits per heavy atom. The Morgan fingerprint density at radius 2 is 2.00 bits per heavy atom. The summed E-state index contributed by atoms with van der Waals surface area (Å²) < 4.78 is 26.3. The Labute approximate surface area is 110 Å². The highest BCUT2D eigenvalue weighted by atomic mass is 19.1. The minimum atomic E-state index is -0.901. The van der Waals surface area contributed by atoms with Crippen molar-refractivity contribution in [1.29, 1.82) is 0 Å². The molecule has 1 aromatic rings. The van der Waals surface area contributed by atoms with Crippen molar-refractivity contribution in [3.05, 3.63) is 35.4 Å². The van der Waals surface area contributed by atoms with Gasteiger partial charge in [-0.25, -0.2) is 8.78 Å². The Bertz CT molecular complexity index is 540. The number of likely N-dealkylation sites (tertiary alicyclic amines) is 1. The third kappa shape index (κ3) is 2.64. The lowest BCUT2D eigenvalue weighted by atomic mass is 9.81. The van der Waals surface area contributed by atoms with Gasteiger partial charge in [-0.2, -0.15) is 0 Å². The van der Waals surface area contributed by atoms with E-state index < -0.39 is 23.0 Å². The minimum Gasteiger partial charge on any atom is -0.331 e. The van der Waals surface area contributed by atoms with Gasteiger partial charge in [0.25, 0.3) is 5.91 Å². The molecule has 0 aromatic heterocycles. The number of hydrogen-bond acceptors (Lipinski definition) is 2. The normalized spacial score (nSPS) is 18.5. The third-order valence-corrected chi connectivity index (χ3v) is 3.54. The van der Waals surface area contributed by atoms with Crippen molar-refractivity contribution in [2.45, 2.75) is 20.3 Å². The molecule has 0 radical (unpaired) electrons. The average molecular weight is 267 g/mol. The molecule has 1 aliphatic rings. The van der Waals surface area contributed by atoms with E-state index in [4.69, 9.17) is 0 Å². The van der Waals surface area contributed by atoms with Gasteiger partial charge in [-0.15, -0.1) is 0 Å². The van der Waals surface area contributed by atoms with Gasteiger partial charge in [0.1, 0.15) is 11.6 Å². The van der Waals surface area contributed by atoms with Crippen LogP contribution in [0.25, 0.3) is 0 Å². The van der Waals surface area contributed by atoms with Crippen molar-refractivity contribution in [3.63, 3.8) is 0 Å². The summed E-state index contributed by atoms with van der Waals surface area (Å²) in [5, 5.41) is 0. The highest BCUT2D eigenvalue weighted by molar-refractivity contribution is 5.98. The number of piperidine rings is 1. The molecular formula is C14H15F2NO2. The molecule has 1 saturated heterocycles. The van der Waals surface area contributed by atoms with Crippen LogP contribution in [0.4, 0.5) is 8.78 Å². The number of nitrogens with zero attached hydrogens (tertiary/aromatic N) is 1. The molecule has 0 aliphatic carbocycles. The summed E-state index contributed by atoms with van der Waals surface area (Å²) in [6.07, 6.45) is 0.542. The zero-order valence-corrected chi connectivity index (χ0v) is 10.9. The van der Waals surface area contributed by atoms with Crippen LogP contribution in [0.15, 0.2) is 18.2 Å². The number of Topliss-reactive ketones (excluding diaryl/α,β-unsaturated/α-hetero) is 1. The highest BCUT2D eigenvalue weighted by Crippen LogP contribution is 2.27. The first kappa shape index (κ1) is 13.6. The lowest BCUT2D eigenvalue weighted by molar-refractivity contribution is -0.130. The van der Waals surface area contributed by atoms with Gasteiger partial charge in [0.15, 0.2) is 5.78 Å². The van der Waals surface area contributed by atoms with Crippen molar-refractivity contribution in [3.8, 4) is 0 Å². The van der Waals surface area contributed by atoms with Crippen LogP contribution >= 0.6 is 0 Å². The predicted molar refractivity (Wildman–Crippen MR) is 65.7 cm³/mol. The van der Waals surface area contributed by atoms with Crippen molar-refractivity contribution < 1.29 is 18.4 Å². The molecule has 0 bridgehead atoms. The molecule has 2 rings (SSSR count). The first-order chi connectivity index (χ1) is 8.81. The van der Waals surface area contributed by atoms with Crippen molar-refractivity contribution in [2.75, 3.05) is 13.1 Å². The molecule has 102 valence electrons. The number of amides is 1. The van der Waals surface area contributed by atoms with E-state index in [1.165, 1.54) is 4.90 Å². The zero-order chi connectivity index (χ0) is 14.2. The van der Waals surface area contributed by atoms with E-state index in [0.29, 0.717) is 19.0 Å². The van der Waals surface area contributed by atoms with Gasteiger partial charge in [0.2, 0.25) is 0 Å². The SMILES string of the molecule is CC1(C)CCN(C(=O)c2ccc(F)cc2F)CC1=O. The van der Waals surface area contributed by atoms with Gasteiger partial charge in [-0.3, -0.25) is 9.59 Å². The smallest absolute Gasteiger partial charge is 0.257 e. The van der Waals surface area contributed by atoms with E-state index in [9.17, 15) is 18.4 Å². The first-order valence-corrected chi connectivity index (χ1v) is 6.09. The van der Waals surface area contributed by atoms with Crippen LogP contribution in [-0.4, -0.2) is 29.7 Å². The van der Waals surface area contributed by atoms with E-state index in [2.05, 4.69) is 0 Å². The number of carbonyl (C=O) groups excluding carboxylic acids is 2. The monoisotopic (exact) mass is 267 g/mol. The van der Waals surface area contributed by atoms with Crippen LogP contribution in [-0.2, 0) is 4.79 Å². The topological polar surface area (TPSA) is 37.4 Å². The summed E-state index contributed by atoms with van der Waals surface area (Å²) in [5.74, 6) is -2.25. The summed E-state index contributed by atoms with van der Waals surface area (Å²) in [6.45, 7) is 4.03. The molecule has 19 heavy (non-hydrogen) atoms. The molecule has 1 fully saturated rings. The maximum atomic E-state index is 13.5. The summed E-state index contributed by atoms with van der Waals surface area (Å²) >= 11 is 0. The molecule has 0 saturated carbocycles. The van der Waals surface area contributed by atoms with E-state index in [1.807, 2.05) is 13.8 Å². The van der Waals surface area contributed by atoms with E-state index in [1.54, 1.807) is 0 Å². The zero-order valence-electron chi connectivity index (χ0n) is 10.9. The second kappa shape index (κ2) is 4.72. The molecule has 0 atom stereocenters. The van der Waals surface area contributed by atoms with Crippen LogP contribution < -0.4 is 0 Å². The van der Waals surface area contributed by atoms with Crippen LogP contribution in [0.3, 0.4) is 0 Å². The van der Waals surface area contributed by atoms with Gasteiger partial charge in [0.05, 0.1) is 12.1 Å². The summed E-state index contributed by atoms with van der Waals surface area (Å²) in [5.41, 5.74) is -0.646. The minimum absolute atomic E-state index is 0.0251. The number of halogens is 2. The average Bonchev–Trinajstić information content (AvgIpc) is 2.32. The number of ketones is 1. The number of hydrogen-bond donors (Lipinski definition) is 0. The summed E-state index contributed by atoms with van der Waals surface area (Å²) in [6, 6.07) is 2.81. The first-order valence-electron chi connectivity index (χ1n) is 6.09. The fourth-order valence-electron chi connectivity index (χ4n) is 2.03. The van der Waals surface area contributed by atoms with Gasteiger partial charge >= 0.3 is 0 Å². The van der Waals surface area contributed by atoms with Gasteiger partial charge in [0, 0.05) is 18.0 Å². The molecule has 1 heterocycles. The van der Waals surface area contributed by atoms with Crippen LogP contribution in [0.5, 0.6) is 0 Å². The van der Waals surface area contributed by atoms with Crippen LogP contribution in [0, 0.1) is 17.0 Å². The fourth-order valence-corrected chi connectivity index (χ4v) is 2.03. The maximum Gasteiger partial charge on any atom is 0.257 e. The molecule has 5 heteroatoms. The maximum absolute atomic E-state index is 13.5. The number of benzene rings is 1. The lowest BCUT2D eigenvalue weighted by Gasteiger charge is -2.35. The molecule has 3 nitrogen and oxygen atoms in total. The molecule has 0 N–H and O–H groups in total. The van der Waals surface area contributed by atoms with Crippen molar-refractivity contribution in [2.24, 2.45) is 5.41 Å². The van der Waals surface area contributed by atoms with Gasteiger partial charge in [-0.05, 0) is 18.6 Å². The van der Waals surface area contributed by atoms with Gasteiger partial charge in [-0.1, -0.05) is 13.8 Å². The quantitative estimate of drug-likeness (QED) is 0.783. The largest absolute Gasteiger partial charge is 0.331 e. The predicted octanol–water partition coefficient (Wildman–Crippen LogP) is 2.41. The Hall–Kier alpha value is -1.78.